The molecule has 0 aromatic heterocycles. The number of halogens is 1. The highest BCUT2D eigenvalue weighted by molar-refractivity contribution is 6.21. The Bertz CT molecular complexity index is 123. The Labute approximate surface area is 73.8 Å². The summed E-state index contributed by atoms with van der Waals surface area (Å²) >= 11 is 6.05. The van der Waals surface area contributed by atoms with Gasteiger partial charge in [0.25, 0.3) is 0 Å². The first-order chi connectivity index (χ1) is 5.19. The molecule has 1 saturated carbocycles. The Morgan fingerprint density at radius 3 is 2.82 bits per heavy atom. The normalized spacial score (nSPS) is 39.0. The van der Waals surface area contributed by atoms with E-state index in [-0.39, 0.29) is 5.38 Å². The second-order valence-electron chi connectivity index (χ2n) is 3.57. The zero-order valence-electron chi connectivity index (χ0n) is 7.15. The molecule has 2 atom stereocenters. The minimum absolute atomic E-state index is 0.00352. The minimum Gasteiger partial charge on any atom is -0.388 e. The molecule has 1 N–H and O–H groups in total. The van der Waals surface area contributed by atoms with Gasteiger partial charge in [-0.2, -0.15) is 0 Å². The third-order valence-electron chi connectivity index (χ3n) is 2.58. The minimum atomic E-state index is -0.547. The van der Waals surface area contributed by atoms with Crippen molar-refractivity contribution in [3.63, 3.8) is 0 Å². The van der Waals surface area contributed by atoms with E-state index in [9.17, 15) is 5.11 Å². The zero-order chi connectivity index (χ0) is 8.32. The molecule has 0 aliphatic heterocycles. The average Bonchev–Trinajstić information content (AvgIpc) is 1.96. The van der Waals surface area contributed by atoms with E-state index < -0.39 is 5.60 Å². The summed E-state index contributed by atoms with van der Waals surface area (Å²) in [5, 5.41) is 10.0. The largest absolute Gasteiger partial charge is 0.388 e. The number of aliphatic hydroxyl groups is 1. The van der Waals surface area contributed by atoms with Crippen LogP contribution in [-0.2, 0) is 0 Å². The topological polar surface area (TPSA) is 20.2 Å². The molecule has 2 heteroatoms. The highest BCUT2D eigenvalue weighted by Gasteiger charge is 2.36. The van der Waals surface area contributed by atoms with Crippen LogP contribution in [0, 0.1) is 0 Å². The Morgan fingerprint density at radius 1 is 1.55 bits per heavy atom. The Morgan fingerprint density at radius 2 is 2.27 bits per heavy atom. The Hall–Kier alpha value is 0.250. The van der Waals surface area contributed by atoms with Crippen LogP contribution in [0.1, 0.15) is 45.4 Å². The van der Waals surface area contributed by atoms with E-state index in [1.165, 1.54) is 6.42 Å². The maximum Gasteiger partial charge on any atom is 0.0810 e. The molecule has 0 spiro atoms. The van der Waals surface area contributed by atoms with Crippen molar-refractivity contribution in [2.24, 2.45) is 0 Å². The van der Waals surface area contributed by atoms with E-state index in [0.717, 1.165) is 32.1 Å². The van der Waals surface area contributed by atoms with Gasteiger partial charge in [-0.25, -0.2) is 0 Å². The summed E-state index contributed by atoms with van der Waals surface area (Å²) in [6.45, 7) is 2.09. The van der Waals surface area contributed by atoms with Gasteiger partial charge in [-0.15, -0.1) is 11.6 Å². The first-order valence-electron chi connectivity index (χ1n) is 4.55. The fourth-order valence-corrected chi connectivity index (χ4v) is 2.27. The van der Waals surface area contributed by atoms with Gasteiger partial charge in [-0.3, -0.25) is 0 Å². The van der Waals surface area contributed by atoms with Gasteiger partial charge in [0.1, 0.15) is 0 Å². The highest BCUT2D eigenvalue weighted by atomic mass is 35.5. The van der Waals surface area contributed by atoms with Crippen molar-refractivity contribution in [1.82, 2.24) is 0 Å². The van der Waals surface area contributed by atoms with Gasteiger partial charge in [0, 0.05) is 0 Å². The summed E-state index contributed by atoms with van der Waals surface area (Å²) < 4.78 is 0. The predicted molar refractivity (Wildman–Crippen MR) is 48.0 cm³/mol. The second-order valence-corrected chi connectivity index (χ2v) is 4.09. The summed E-state index contributed by atoms with van der Waals surface area (Å²) in [6.07, 6.45) is 6.09. The molecule has 66 valence electrons. The number of rotatable bonds is 2. The van der Waals surface area contributed by atoms with Crippen LogP contribution in [0.15, 0.2) is 0 Å². The summed E-state index contributed by atoms with van der Waals surface area (Å²) in [7, 11) is 0. The second kappa shape index (κ2) is 3.77. The smallest absolute Gasteiger partial charge is 0.0810 e. The summed E-state index contributed by atoms with van der Waals surface area (Å²) in [4.78, 5) is 0. The van der Waals surface area contributed by atoms with Crippen molar-refractivity contribution in [3.8, 4) is 0 Å². The van der Waals surface area contributed by atoms with Gasteiger partial charge in [0.15, 0.2) is 0 Å². The van der Waals surface area contributed by atoms with Crippen molar-refractivity contribution in [1.29, 1.82) is 0 Å². The molecule has 1 nitrogen and oxygen atoms in total. The van der Waals surface area contributed by atoms with Crippen LogP contribution < -0.4 is 0 Å². The fourth-order valence-electron chi connectivity index (χ4n) is 1.89. The molecule has 0 heterocycles. The lowest BCUT2D eigenvalue weighted by Gasteiger charge is -2.36. The first kappa shape index (κ1) is 9.34. The lowest BCUT2D eigenvalue weighted by atomic mass is 9.81. The van der Waals surface area contributed by atoms with Gasteiger partial charge in [0.2, 0.25) is 0 Å². The van der Waals surface area contributed by atoms with Crippen LogP contribution in [0.25, 0.3) is 0 Å². The zero-order valence-corrected chi connectivity index (χ0v) is 7.90. The molecular weight excluding hydrogens is 160 g/mol. The lowest BCUT2D eigenvalue weighted by Crippen LogP contribution is -2.41. The van der Waals surface area contributed by atoms with Gasteiger partial charge < -0.3 is 5.11 Å². The van der Waals surface area contributed by atoms with Crippen LogP contribution in [0.4, 0.5) is 0 Å². The number of hydrogen-bond donors (Lipinski definition) is 1. The fraction of sp³-hybridized carbons (Fsp3) is 1.00. The first-order valence-corrected chi connectivity index (χ1v) is 4.99. The molecule has 0 amide bonds. The van der Waals surface area contributed by atoms with Crippen LogP contribution in [-0.4, -0.2) is 16.1 Å². The summed E-state index contributed by atoms with van der Waals surface area (Å²) in [6, 6.07) is 0. The maximum absolute atomic E-state index is 10.0. The summed E-state index contributed by atoms with van der Waals surface area (Å²) in [5.74, 6) is 0. The van der Waals surface area contributed by atoms with Crippen LogP contribution in [0.5, 0.6) is 0 Å². The molecule has 1 aliphatic rings. The molecule has 0 radical (unpaired) electrons. The lowest BCUT2D eigenvalue weighted by molar-refractivity contribution is -0.0000629. The molecule has 0 saturated heterocycles. The molecule has 1 aliphatic carbocycles. The molecule has 0 aromatic rings. The standard InChI is InChI=1S/C9H17ClO/c1-2-6-9(11)7-4-3-5-8(9)10/h8,11H,2-7H2,1H3/t8-,9-/m1/s1. The molecule has 0 aromatic carbocycles. The van der Waals surface area contributed by atoms with Gasteiger partial charge in [-0.1, -0.05) is 26.2 Å². The third-order valence-corrected chi connectivity index (χ3v) is 3.21. The molecular formula is C9H17ClO. The van der Waals surface area contributed by atoms with E-state index in [2.05, 4.69) is 6.92 Å². The Balaban J connectivity index is 2.49. The number of alkyl halides is 1. The SMILES string of the molecule is CCC[C@@]1(O)CCCC[C@H]1Cl. The van der Waals surface area contributed by atoms with Crippen molar-refractivity contribution >= 4 is 11.6 Å². The van der Waals surface area contributed by atoms with Crippen molar-refractivity contribution < 1.29 is 5.11 Å². The maximum atomic E-state index is 10.0. The van der Waals surface area contributed by atoms with Crippen molar-refractivity contribution in [2.75, 3.05) is 0 Å². The van der Waals surface area contributed by atoms with Crippen LogP contribution in [0.2, 0.25) is 0 Å². The van der Waals surface area contributed by atoms with E-state index in [4.69, 9.17) is 11.6 Å². The Kier molecular flexibility index (Phi) is 3.20. The predicted octanol–water partition coefficient (Wildman–Crippen LogP) is 2.70. The molecule has 11 heavy (non-hydrogen) atoms. The van der Waals surface area contributed by atoms with Gasteiger partial charge >= 0.3 is 0 Å². The van der Waals surface area contributed by atoms with E-state index >= 15 is 0 Å². The molecule has 1 fully saturated rings. The molecule has 0 bridgehead atoms. The van der Waals surface area contributed by atoms with Crippen LogP contribution >= 0.6 is 11.6 Å². The van der Waals surface area contributed by atoms with E-state index in [1.807, 2.05) is 0 Å². The third kappa shape index (κ3) is 2.09. The van der Waals surface area contributed by atoms with Crippen molar-refractivity contribution in [2.45, 2.75) is 56.4 Å². The van der Waals surface area contributed by atoms with Gasteiger partial charge in [-0.05, 0) is 19.3 Å². The average molecular weight is 177 g/mol. The quantitative estimate of drug-likeness (QED) is 0.642. The van der Waals surface area contributed by atoms with E-state index in [1.54, 1.807) is 0 Å². The van der Waals surface area contributed by atoms with E-state index in [0.29, 0.717) is 0 Å². The monoisotopic (exact) mass is 176 g/mol. The van der Waals surface area contributed by atoms with Crippen LogP contribution in [0.3, 0.4) is 0 Å². The molecule has 0 unspecified atom stereocenters. The van der Waals surface area contributed by atoms with Gasteiger partial charge in [0.05, 0.1) is 11.0 Å². The highest BCUT2D eigenvalue weighted by Crippen LogP contribution is 2.35. The number of hydrogen-bond acceptors (Lipinski definition) is 1. The molecule has 1 rings (SSSR count). The summed E-state index contributed by atoms with van der Waals surface area (Å²) in [5.41, 5.74) is -0.547. The van der Waals surface area contributed by atoms with Crippen molar-refractivity contribution in [3.05, 3.63) is 0 Å².